The Hall–Kier alpha value is -1.45. The zero-order valence-electron chi connectivity index (χ0n) is 11.3. The molecule has 118 valence electrons. The summed E-state index contributed by atoms with van der Waals surface area (Å²) in [6.07, 6.45) is 3.00. The van der Waals surface area contributed by atoms with E-state index < -0.39 is 6.04 Å². The topological polar surface area (TPSA) is 125 Å². The number of aliphatic hydroxyl groups is 3. The standard InChI is InChI=1S/C12H18N4O4.ClH/c17-2-1-16(9(5-18)6-19)4-8-3-13-11-10(8)14-7-15-12(11)20;/h3,7,9,13,17-19H,1-2,4-6H2,(H,14,15,20);1H. The van der Waals surface area contributed by atoms with Gasteiger partial charge in [-0.05, 0) is 0 Å². The number of halogens is 1. The monoisotopic (exact) mass is 318 g/mol. The van der Waals surface area contributed by atoms with E-state index in [1.807, 2.05) is 0 Å². The lowest BCUT2D eigenvalue weighted by Crippen LogP contribution is -2.41. The van der Waals surface area contributed by atoms with E-state index in [1.165, 1.54) is 6.33 Å². The van der Waals surface area contributed by atoms with Gasteiger partial charge in [0.25, 0.3) is 5.56 Å². The Bertz CT molecular complexity index is 611. The number of hydrogen-bond donors (Lipinski definition) is 5. The average Bonchev–Trinajstić information content (AvgIpc) is 2.85. The molecule has 21 heavy (non-hydrogen) atoms. The highest BCUT2D eigenvalue weighted by Gasteiger charge is 2.19. The molecule has 0 radical (unpaired) electrons. The van der Waals surface area contributed by atoms with Gasteiger partial charge in [0.1, 0.15) is 5.52 Å². The van der Waals surface area contributed by atoms with Crippen LogP contribution in [0.3, 0.4) is 0 Å². The predicted octanol–water partition coefficient (Wildman–Crippen LogP) is -1.18. The van der Waals surface area contributed by atoms with E-state index in [0.717, 1.165) is 5.56 Å². The first-order valence-electron chi connectivity index (χ1n) is 6.31. The summed E-state index contributed by atoms with van der Waals surface area (Å²) in [4.78, 5) is 22.8. The summed E-state index contributed by atoms with van der Waals surface area (Å²) in [6.45, 7) is 0.150. The molecule has 2 heterocycles. The van der Waals surface area contributed by atoms with Crippen LogP contribution >= 0.6 is 12.4 Å². The van der Waals surface area contributed by atoms with Gasteiger partial charge in [0.05, 0.1) is 37.7 Å². The van der Waals surface area contributed by atoms with Crippen LogP contribution in [-0.2, 0) is 6.54 Å². The smallest absolute Gasteiger partial charge is 0.275 e. The Labute approximate surface area is 126 Å². The van der Waals surface area contributed by atoms with Crippen molar-refractivity contribution in [1.29, 1.82) is 0 Å². The van der Waals surface area contributed by atoms with Crippen LogP contribution in [0.1, 0.15) is 5.56 Å². The third kappa shape index (κ3) is 3.80. The molecule has 0 atom stereocenters. The molecule has 0 unspecified atom stereocenters. The third-order valence-corrected chi connectivity index (χ3v) is 3.25. The molecule has 9 heteroatoms. The Morgan fingerprint density at radius 3 is 2.57 bits per heavy atom. The zero-order chi connectivity index (χ0) is 14.5. The summed E-state index contributed by atoms with van der Waals surface area (Å²) in [5.74, 6) is 0. The second kappa shape index (κ2) is 8.11. The molecule has 0 aliphatic rings. The number of H-pyrrole nitrogens is 2. The van der Waals surface area contributed by atoms with Crippen molar-refractivity contribution < 1.29 is 15.3 Å². The predicted molar refractivity (Wildman–Crippen MR) is 79.4 cm³/mol. The van der Waals surface area contributed by atoms with E-state index in [9.17, 15) is 15.0 Å². The maximum atomic E-state index is 11.6. The van der Waals surface area contributed by atoms with Gasteiger partial charge < -0.3 is 25.3 Å². The minimum absolute atomic E-state index is 0. The fraction of sp³-hybridized carbons (Fsp3) is 0.500. The van der Waals surface area contributed by atoms with Gasteiger partial charge in [-0.15, -0.1) is 12.4 Å². The average molecular weight is 319 g/mol. The zero-order valence-corrected chi connectivity index (χ0v) is 12.1. The first-order chi connectivity index (χ1) is 9.71. The minimum atomic E-state index is -0.464. The number of aromatic amines is 2. The minimum Gasteiger partial charge on any atom is -0.395 e. The molecular weight excluding hydrogens is 300 g/mol. The first-order valence-corrected chi connectivity index (χ1v) is 6.31. The highest BCUT2D eigenvalue weighted by molar-refractivity contribution is 5.85. The maximum absolute atomic E-state index is 11.6. The number of fused-ring (bicyclic) bond motifs is 1. The van der Waals surface area contributed by atoms with Crippen LogP contribution in [0, 0.1) is 0 Å². The quantitative estimate of drug-likeness (QED) is 0.437. The van der Waals surface area contributed by atoms with Gasteiger partial charge in [-0.25, -0.2) is 4.98 Å². The van der Waals surface area contributed by atoms with Crippen molar-refractivity contribution in [3.05, 3.63) is 28.4 Å². The lowest BCUT2D eigenvalue weighted by molar-refractivity contribution is 0.0565. The molecular formula is C12H19ClN4O4. The van der Waals surface area contributed by atoms with E-state index in [2.05, 4.69) is 15.0 Å². The van der Waals surface area contributed by atoms with Crippen molar-refractivity contribution in [1.82, 2.24) is 19.9 Å². The van der Waals surface area contributed by atoms with Crippen LogP contribution in [-0.4, -0.2) is 67.6 Å². The Balaban J connectivity index is 0.00000220. The summed E-state index contributed by atoms with van der Waals surface area (Å²) >= 11 is 0. The Morgan fingerprint density at radius 2 is 1.95 bits per heavy atom. The second-order valence-corrected chi connectivity index (χ2v) is 4.48. The molecule has 0 aliphatic heterocycles. The summed E-state index contributed by atoms with van der Waals surface area (Å²) in [6, 6.07) is -0.464. The summed E-state index contributed by atoms with van der Waals surface area (Å²) in [7, 11) is 0. The van der Waals surface area contributed by atoms with Crippen LogP contribution in [0.25, 0.3) is 11.0 Å². The molecule has 2 rings (SSSR count). The van der Waals surface area contributed by atoms with Crippen molar-refractivity contribution in [2.24, 2.45) is 0 Å². The number of nitrogens with zero attached hydrogens (tertiary/aromatic N) is 2. The number of rotatable bonds is 7. The van der Waals surface area contributed by atoms with Crippen molar-refractivity contribution in [3.8, 4) is 0 Å². The molecule has 5 N–H and O–H groups in total. The van der Waals surface area contributed by atoms with Crippen LogP contribution in [0.15, 0.2) is 17.3 Å². The second-order valence-electron chi connectivity index (χ2n) is 4.48. The highest BCUT2D eigenvalue weighted by Crippen LogP contribution is 2.15. The summed E-state index contributed by atoms with van der Waals surface area (Å²) in [5, 5.41) is 27.6. The third-order valence-electron chi connectivity index (χ3n) is 3.25. The molecule has 2 aromatic rings. The van der Waals surface area contributed by atoms with Gasteiger partial charge >= 0.3 is 0 Å². The van der Waals surface area contributed by atoms with E-state index in [-0.39, 0.29) is 37.8 Å². The normalized spacial score (nSPS) is 11.3. The maximum Gasteiger partial charge on any atom is 0.275 e. The Kier molecular flexibility index (Phi) is 6.79. The molecule has 0 spiro atoms. The molecule has 0 aliphatic carbocycles. The molecule has 0 saturated heterocycles. The van der Waals surface area contributed by atoms with Crippen LogP contribution < -0.4 is 5.56 Å². The first kappa shape index (κ1) is 17.6. The molecule has 0 saturated carbocycles. The van der Waals surface area contributed by atoms with E-state index in [4.69, 9.17) is 5.11 Å². The van der Waals surface area contributed by atoms with Gasteiger partial charge in [-0.1, -0.05) is 0 Å². The SMILES string of the molecule is Cl.O=c1[nH]cnc2c(CN(CCO)C(CO)CO)c[nH]c12. The highest BCUT2D eigenvalue weighted by atomic mass is 35.5. The van der Waals surface area contributed by atoms with Gasteiger partial charge in [0, 0.05) is 24.8 Å². The number of hydrogen-bond acceptors (Lipinski definition) is 6. The van der Waals surface area contributed by atoms with Crippen molar-refractivity contribution >= 4 is 23.4 Å². The van der Waals surface area contributed by atoms with Gasteiger partial charge in [0.2, 0.25) is 0 Å². The fourth-order valence-electron chi connectivity index (χ4n) is 2.15. The molecule has 0 bridgehead atoms. The van der Waals surface area contributed by atoms with Gasteiger partial charge in [-0.2, -0.15) is 0 Å². The molecule has 2 aromatic heterocycles. The summed E-state index contributed by atoms with van der Waals surface area (Å²) < 4.78 is 0. The number of aromatic nitrogens is 3. The van der Waals surface area contributed by atoms with Gasteiger partial charge in [-0.3, -0.25) is 9.69 Å². The largest absolute Gasteiger partial charge is 0.395 e. The van der Waals surface area contributed by atoms with Crippen molar-refractivity contribution in [2.75, 3.05) is 26.4 Å². The van der Waals surface area contributed by atoms with E-state index >= 15 is 0 Å². The molecule has 0 amide bonds. The number of aliphatic hydroxyl groups excluding tert-OH is 3. The van der Waals surface area contributed by atoms with Crippen molar-refractivity contribution in [3.63, 3.8) is 0 Å². The van der Waals surface area contributed by atoms with Crippen LogP contribution in [0.2, 0.25) is 0 Å². The fourth-order valence-corrected chi connectivity index (χ4v) is 2.15. The lowest BCUT2D eigenvalue weighted by atomic mass is 10.2. The van der Waals surface area contributed by atoms with Crippen LogP contribution in [0.4, 0.5) is 0 Å². The lowest BCUT2D eigenvalue weighted by Gasteiger charge is -2.28. The number of nitrogens with one attached hydrogen (secondary N) is 2. The summed E-state index contributed by atoms with van der Waals surface area (Å²) in [5.41, 5.74) is 1.45. The Morgan fingerprint density at radius 1 is 1.24 bits per heavy atom. The molecule has 0 fully saturated rings. The van der Waals surface area contributed by atoms with Crippen LogP contribution in [0.5, 0.6) is 0 Å². The molecule has 8 nitrogen and oxygen atoms in total. The van der Waals surface area contributed by atoms with Gasteiger partial charge in [0.15, 0.2) is 0 Å². The van der Waals surface area contributed by atoms with E-state index in [0.29, 0.717) is 24.1 Å². The van der Waals surface area contributed by atoms with Crippen molar-refractivity contribution in [2.45, 2.75) is 12.6 Å². The molecule has 0 aromatic carbocycles. The van der Waals surface area contributed by atoms with E-state index in [1.54, 1.807) is 11.1 Å².